The van der Waals surface area contributed by atoms with Crippen LogP contribution in [0.5, 0.6) is 0 Å². The van der Waals surface area contributed by atoms with Crippen molar-refractivity contribution in [1.29, 1.82) is 0 Å². The number of nitro benzene ring substituents is 1. The van der Waals surface area contributed by atoms with E-state index in [1.807, 2.05) is 61.5 Å². The summed E-state index contributed by atoms with van der Waals surface area (Å²) in [5.41, 5.74) is 2.71. The predicted molar refractivity (Wildman–Crippen MR) is 108 cm³/mol. The summed E-state index contributed by atoms with van der Waals surface area (Å²) < 4.78 is 29.1. The van der Waals surface area contributed by atoms with Crippen LogP contribution >= 0.6 is 0 Å². The third-order valence-electron chi connectivity index (χ3n) is 4.58. The highest BCUT2D eigenvalue weighted by atomic mass is 32.2. The van der Waals surface area contributed by atoms with E-state index in [1.165, 1.54) is 12.1 Å². The molecule has 0 aliphatic carbocycles. The van der Waals surface area contributed by atoms with Gasteiger partial charge in [0.2, 0.25) is 10.0 Å². The van der Waals surface area contributed by atoms with Crippen molar-refractivity contribution in [3.63, 3.8) is 0 Å². The Bertz CT molecular complexity index is 1110. The monoisotopic (exact) mass is 396 g/mol. The van der Waals surface area contributed by atoms with Crippen molar-refractivity contribution in [2.24, 2.45) is 0 Å². The molecule has 0 radical (unpaired) electrons. The van der Waals surface area contributed by atoms with Crippen LogP contribution < -0.4 is 4.72 Å². The van der Waals surface area contributed by atoms with E-state index in [0.717, 1.165) is 22.8 Å². The van der Waals surface area contributed by atoms with E-state index < -0.39 is 21.0 Å². The zero-order valence-electron chi connectivity index (χ0n) is 15.5. The Morgan fingerprint density at radius 2 is 1.54 bits per heavy atom. The van der Waals surface area contributed by atoms with E-state index in [2.05, 4.69) is 4.72 Å². The van der Waals surface area contributed by atoms with Crippen LogP contribution in [-0.4, -0.2) is 13.3 Å². The van der Waals surface area contributed by atoms with Crippen LogP contribution in [0, 0.1) is 24.0 Å². The van der Waals surface area contributed by atoms with Crippen LogP contribution in [0.15, 0.2) is 77.7 Å². The third kappa shape index (κ3) is 4.11. The molecule has 0 aliphatic rings. The fraction of sp³-hybridized carbons (Fsp3) is 0.143. The number of nitrogens with zero attached hydrogens (tertiary/aromatic N) is 1. The lowest BCUT2D eigenvalue weighted by Gasteiger charge is -2.22. The topological polar surface area (TPSA) is 89.3 Å². The molecule has 0 bridgehead atoms. The minimum Gasteiger partial charge on any atom is -0.258 e. The van der Waals surface area contributed by atoms with Crippen molar-refractivity contribution in [3.8, 4) is 0 Å². The van der Waals surface area contributed by atoms with Gasteiger partial charge >= 0.3 is 0 Å². The van der Waals surface area contributed by atoms with Gasteiger partial charge < -0.3 is 0 Å². The summed E-state index contributed by atoms with van der Waals surface area (Å²) in [5.74, 6) is 0. The summed E-state index contributed by atoms with van der Waals surface area (Å²) in [4.78, 5) is 10.4. The molecular weight excluding hydrogens is 376 g/mol. The Hall–Kier alpha value is -3.03. The summed E-state index contributed by atoms with van der Waals surface area (Å²) >= 11 is 0. The highest BCUT2D eigenvalue weighted by molar-refractivity contribution is 7.89. The van der Waals surface area contributed by atoms with E-state index in [1.54, 1.807) is 6.92 Å². The van der Waals surface area contributed by atoms with Gasteiger partial charge in [-0.25, -0.2) is 8.42 Å². The molecule has 3 rings (SSSR count). The number of hydrogen-bond donors (Lipinski definition) is 1. The highest BCUT2D eigenvalue weighted by Gasteiger charge is 2.26. The Morgan fingerprint density at radius 3 is 2.18 bits per heavy atom. The first-order chi connectivity index (χ1) is 13.3. The van der Waals surface area contributed by atoms with E-state index in [4.69, 9.17) is 0 Å². The van der Waals surface area contributed by atoms with Crippen molar-refractivity contribution < 1.29 is 13.3 Å². The SMILES string of the molecule is Cc1ccccc1C(NS(=O)(=O)c1cc([N+](=O)[O-])ccc1C)c1ccccc1. The molecule has 0 saturated heterocycles. The maximum absolute atomic E-state index is 13.2. The van der Waals surface area contributed by atoms with Gasteiger partial charge in [-0.3, -0.25) is 10.1 Å². The average Bonchev–Trinajstić information content (AvgIpc) is 2.67. The number of non-ortho nitro benzene ring substituents is 1. The average molecular weight is 396 g/mol. The number of nitrogens with one attached hydrogen (secondary N) is 1. The molecule has 0 spiro atoms. The fourth-order valence-corrected chi connectivity index (χ4v) is 4.55. The molecule has 1 N–H and O–H groups in total. The normalized spacial score (nSPS) is 12.5. The minimum absolute atomic E-state index is 0.101. The van der Waals surface area contributed by atoms with Crippen LogP contribution in [-0.2, 0) is 10.0 Å². The molecule has 0 fully saturated rings. The van der Waals surface area contributed by atoms with Gasteiger partial charge in [-0.05, 0) is 36.1 Å². The molecule has 0 aromatic heterocycles. The summed E-state index contributed by atoms with van der Waals surface area (Å²) in [6.45, 7) is 3.53. The Balaban J connectivity index is 2.10. The van der Waals surface area contributed by atoms with Crippen molar-refractivity contribution in [2.45, 2.75) is 24.8 Å². The first-order valence-electron chi connectivity index (χ1n) is 8.67. The van der Waals surface area contributed by atoms with Crippen LogP contribution in [0.3, 0.4) is 0 Å². The molecule has 6 nitrogen and oxygen atoms in total. The quantitative estimate of drug-likeness (QED) is 0.497. The van der Waals surface area contributed by atoms with Crippen molar-refractivity contribution in [2.75, 3.05) is 0 Å². The van der Waals surface area contributed by atoms with Gasteiger partial charge in [-0.15, -0.1) is 0 Å². The van der Waals surface area contributed by atoms with E-state index >= 15 is 0 Å². The van der Waals surface area contributed by atoms with Gasteiger partial charge in [0.05, 0.1) is 15.9 Å². The smallest absolute Gasteiger partial charge is 0.258 e. The number of nitro groups is 1. The van der Waals surface area contributed by atoms with Crippen LogP contribution in [0.2, 0.25) is 0 Å². The third-order valence-corrected chi connectivity index (χ3v) is 6.14. The van der Waals surface area contributed by atoms with Crippen molar-refractivity contribution in [3.05, 3.63) is 105 Å². The Kier molecular flexibility index (Phi) is 5.58. The molecule has 7 heteroatoms. The number of hydrogen-bond acceptors (Lipinski definition) is 4. The molecule has 144 valence electrons. The minimum atomic E-state index is -4.01. The molecule has 0 saturated carbocycles. The summed E-state index contributed by atoms with van der Waals surface area (Å²) in [7, 11) is -4.01. The van der Waals surface area contributed by atoms with E-state index in [9.17, 15) is 18.5 Å². The molecule has 3 aromatic carbocycles. The standard InChI is InChI=1S/C21H20N2O4S/c1-15-8-6-7-11-19(15)21(17-9-4-3-5-10-17)22-28(26,27)20-14-18(23(24)25)13-12-16(20)2/h3-14,21-22H,1-2H3. The second-order valence-electron chi connectivity index (χ2n) is 6.53. The van der Waals surface area contributed by atoms with Gasteiger partial charge in [0.25, 0.3) is 5.69 Å². The number of sulfonamides is 1. The molecule has 1 unspecified atom stereocenters. The van der Waals surface area contributed by atoms with Gasteiger partial charge in [-0.1, -0.05) is 60.7 Å². The first-order valence-corrected chi connectivity index (χ1v) is 10.2. The van der Waals surface area contributed by atoms with Crippen LogP contribution in [0.4, 0.5) is 5.69 Å². The summed E-state index contributed by atoms with van der Waals surface area (Å²) in [6, 6.07) is 20.0. The lowest BCUT2D eigenvalue weighted by Crippen LogP contribution is -2.30. The van der Waals surface area contributed by atoms with E-state index in [0.29, 0.717) is 5.56 Å². The maximum atomic E-state index is 13.2. The van der Waals surface area contributed by atoms with E-state index in [-0.39, 0.29) is 10.6 Å². The molecular formula is C21H20N2O4S. The molecule has 0 heterocycles. The number of benzene rings is 3. The molecule has 0 aliphatic heterocycles. The maximum Gasteiger partial charge on any atom is 0.270 e. The zero-order chi connectivity index (χ0) is 20.3. The summed E-state index contributed by atoms with van der Waals surface area (Å²) in [6.07, 6.45) is 0. The van der Waals surface area contributed by atoms with Gasteiger partial charge in [-0.2, -0.15) is 4.72 Å². The van der Waals surface area contributed by atoms with Gasteiger partial charge in [0.15, 0.2) is 0 Å². The fourth-order valence-electron chi connectivity index (χ4n) is 3.08. The van der Waals surface area contributed by atoms with Crippen molar-refractivity contribution in [1.82, 2.24) is 4.72 Å². The van der Waals surface area contributed by atoms with Crippen molar-refractivity contribution >= 4 is 15.7 Å². The molecule has 1 atom stereocenters. The molecule has 3 aromatic rings. The largest absolute Gasteiger partial charge is 0.270 e. The number of rotatable bonds is 6. The second-order valence-corrected chi connectivity index (χ2v) is 8.21. The van der Waals surface area contributed by atoms with Gasteiger partial charge in [0, 0.05) is 12.1 Å². The van der Waals surface area contributed by atoms with Crippen LogP contribution in [0.1, 0.15) is 28.3 Å². The lowest BCUT2D eigenvalue weighted by atomic mass is 9.96. The van der Waals surface area contributed by atoms with Crippen LogP contribution in [0.25, 0.3) is 0 Å². The highest BCUT2D eigenvalue weighted by Crippen LogP contribution is 2.29. The number of aryl methyl sites for hydroxylation is 2. The Morgan fingerprint density at radius 1 is 0.893 bits per heavy atom. The summed E-state index contributed by atoms with van der Waals surface area (Å²) in [5, 5.41) is 11.1. The zero-order valence-corrected chi connectivity index (χ0v) is 16.3. The molecule has 28 heavy (non-hydrogen) atoms. The molecule has 0 amide bonds. The first kappa shape index (κ1) is 19.7. The lowest BCUT2D eigenvalue weighted by molar-refractivity contribution is -0.385. The second kappa shape index (κ2) is 7.92. The Labute approximate surface area is 164 Å². The predicted octanol–water partition coefficient (Wildman–Crippen LogP) is 4.28. The van der Waals surface area contributed by atoms with Gasteiger partial charge in [0.1, 0.15) is 0 Å².